The number of carbonyl (C=O) groups is 2. The Bertz CT molecular complexity index is 1920. The van der Waals surface area contributed by atoms with Gasteiger partial charge in [-0.25, -0.2) is 24.5 Å². The largest absolute Gasteiger partial charge is 0.481 e. The van der Waals surface area contributed by atoms with E-state index in [-0.39, 0.29) is 29.7 Å². The second-order valence-electron chi connectivity index (χ2n) is 11.2. The Hall–Kier alpha value is -4.86. The molecule has 4 aromatic rings. The lowest BCUT2D eigenvalue weighted by atomic mass is 9.93. The number of amides is 1. The van der Waals surface area contributed by atoms with Crippen LogP contribution in [-0.2, 0) is 23.6 Å². The van der Waals surface area contributed by atoms with Crippen LogP contribution in [0.25, 0.3) is 22.3 Å². The molecule has 2 aromatic carbocycles. The number of nitrogens with zero attached hydrogens (tertiary/aromatic N) is 4. The molecule has 258 valence electrons. The predicted molar refractivity (Wildman–Crippen MR) is 166 cm³/mol. The molecule has 0 radical (unpaired) electrons. The SMILES string of the molecule is COc1ncc(-c2ccc(C(=O)O)c(C)c2C)cc1-c1cnc(SC)nc1CN1C(=O)O[C@H](c2cc(C(F)(F)F)cc(C(F)(F)F)c2)[C@@H]1C. The Balaban J connectivity index is 1.56. The first-order valence-electron chi connectivity index (χ1n) is 14.5. The lowest BCUT2D eigenvalue weighted by molar-refractivity contribution is -0.143. The van der Waals surface area contributed by atoms with Gasteiger partial charge in [-0.2, -0.15) is 26.3 Å². The molecule has 0 saturated carbocycles. The van der Waals surface area contributed by atoms with Crippen molar-refractivity contribution in [1.29, 1.82) is 0 Å². The number of halogens is 6. The number of aromatic nitrogens is 3. The second-order valence-corrected chi connectivity index (χ2v) is 12.0. The number of methoxy groups -OCH3 is 1. The number of rotatable bonds is 8. The minimum Gasteiger partial charge on any atom is -0.481 e. The van der Waals surface area contributed by atoms with Gasteiger partial charge in [0.25, 0.3) is 0 Å². The fraction of sp³-hybridized carbons (Fsp3) is 0.303. The van der Waals surface area contributed by atoms with Gasteiger partial charge in [0.15, 0.2) is 5.16 Å². The fourth-order valence-corrected chi connectivity index (χ4v) is 5.99. The molecule has 0 aliphatic carbocycles. The van der Waals surface area contributed by atoms with Crippen molar-refractivity contribution >= 4 is 23.8 Å². The summed E-state index contributed by atoms with van der Waals surface area (Å²) >= 11 is 1.20. The van der Waals surface area contributed by atoms with E-state index < -0.39 is 53.3 Å². The molecule has 0 spiro atoms. The van der Waals surface area contributed by atoms with E-state index in [1.54, 1.807) is 38.4 Å². The monoisotopic (exact) mass is 706 g/mol. The van der Waals surface area contributed by atoms with Crippen LogP contribution < -0.4 is 4.74 Å². The highest BCUT2D eigenvalue weighted by molar-refractivity contribution is 7.98. The number of thioether (sulfide) groups is 1. The van der Waals surface area contributed by atoms with E-state index in [0.29, 0.717) is 50.7 Å². The summed E-state index contributed by atoms with van der Waals surface area (Å²) in [6.07, 6.45) is -7.82. The van der Waals surface area contributed by atoms with E-state index in [0.717, 1.165) is 4.90 Å². The quantitative estimate of drug-likeness (QED) is 0.110. The average Bonchev–Trinajstić information content (AvgIpc) is 3.33. The van der Waals surface area contributed by atoms with Crippen molar-refractivity contribution in [1.82, 2.24) is 19.9 Å². The number of carboxylic acid groups (broad SMARTS) is 1. The summed E-state index contributed by atoms with van der Waals surface area (Å²) in [5, 5.41) is 9.86. The number of aromatic carboxylic acids is 1. The van der Waals surface area contributed by atoms with Crippen molar-refractivity contribution in [3.05, 3.63) is 87.9 Å². The molecule has 3 heterocycles. The van der Waals surface area contributed by atoms with Crippen molar-refractivity contribution in [2.24, 2.45) is 0 Å². The van der Waals surface area contributed by atoms with Crippen LogP contribution in [0.4, 0.5) is 31.1 Å². The summed E-state index contributed by atoms with van der Waals surface area (Å²) in [6.45, 7) is 4.67. The number of hydrogen-bond donors (Lipinski definition) is 1. The first-order valence-corrected chi connectivity index (χ1v) is 15.7. The first-order chi connectivity index (χ1) is 22.9. The molecule has 16 heteroatoms. The smallest absolute Gasteiger partial charge is 0.416 e. The minimum atomic E-state index is -5.08. The Morgan fingerprint density at radius 2 is 1.61 bits per heavy atom. The molecule has 1 N–H and O–H groups in total. The zero-order valence-electron chi connectivity index (χ0n) is 26.5. The van der Waals surface area contributed by atoms with Gasteiger partial charge in [-0.3, -0.25) is 4.90 Å². The van der Waals surface area contributed by atoms with Crippen molar-refractivity contribution in [2.75, 3.05) is 13.4 Å². The van der Waals surface area contributed by atoms with E-state index in [1.807, 2.05) is 0 Å². The van der Waals surface area contributed by atoms with Crippen LogP contribution in [0.3, 0.4) is 0 Å². The summed E-state index contributed by atoms with van der Waals surface area (Å²) < 4.78 is 92.4. The topological polar surface area (TPSA) is 115 Å². The van der Waals surface area contributed by atoms with E-state index in [4.69, 9.17) is 9.47 Å². The van der Waals surface area contributed by atoms with Crippen LogP contribution >= 0.6 is 11.8 Å². The molecule has 1 aliphatic rings. The second kappa shape index (κ2) is 13.2. The Labute approximate surface area is 280 Å². The molecule has 0 bridgehead atoms. The number of hydrogen-bond acceptors (Lipinski definition) is 8. The standard InChI is InChI=1S/C33H28F6N4O5S/c1-15-16(2)23(29(44)45)7-6-22(15)19-10-24(28(47-4)40-12-19)25-13-41-30(49-5)42-26(25)14-43-17(3)27(48-31(43)46)18-8-20(32(34,35)36)11-21(9-18)33(37,38)39/h6-13,17,27H,14H2,1-5H3,(H,44,45)/t17-,27-/m0/s1. The Morgan fingerprint density at radius 3 is 2.18 bits per heavy atom. The molecule has 1 aliphatic heterocycles. The van der Waals surface area contributed by atoms with Gasteiger partial charge in [-0.15, -0.1) is 0 Å². The van der Waals surface area contributed by atoms with Gasteiger partial charge in [0.05, 0.1) is 42.1 Å². The third-order valence-corrected chi connectivity index (χ3v) is 8.90. The minimum absolute atomic E-state index is 0.0126. The van der Waals surface area contributed by atoms with Crippen LogP contribution in [0.5, 0.6) is 5.88 Å². The van der Waals surface area contributed by atoms with Crippen molar-refractivity contribution in [3.63, 3.8) is 0 Å². The third-order valence-electron chi connectivity index (χ3n) is 8.34. The Kier molecular flexibility index (Phi) is 9.56. The molecule has 1 saturated heterocycles. The first kappa shape index (κ1) is 35.4. The maximum Gasteiger partial charge on any atom is 0.416 e. The van der Waals surface area contributed by atoms with Crippen LogP contribution in [0.1, 0.15) is 56.9 Å². The summed E-state index contributed by atoms with van der Waals surface area (Å²) in [6, 6.07) is 4.98. The van der Waals surface area contributed by atoms with Crippen LogP contribution in [0.2, 0.25) is 0 Å². The number of pyridine rings is 1. The van der Waals surface area contributed by atoms with Gasteiger partial charge >= 0.3 is 24.4 Å². The van der Waals surface area contributed by atoms with Gasteiger partial charge in [0.1, 0.15) is 6.10 Å². The van der Waals surface area contributed by atoms with Crippen LogP contribution in [0, 0.1) is 13.8 Å². The summed E-state index contributed by atoms with van der Waals surface area (Å²) in [5.74, 6) is -0.900. The Morgan fingerprint density at radius 1 is 0.959 bits per heavy atom. The average molecular weight is 707 g/mol. The van der Waals surface area contributed by atoms with Gasteiger partial charge in [0, 0.05) is 29.1 Å². The summed E-state index contributed by atoms with van der Waals surface area (Å²) in [4.78, 5) is 39.4. The fourth-order valence-electron chi connectivity index (χ4n) is 5.63. The highest BCUT2D eigenvalue weighted by Crippen LogP contribution is 2.42. The van der Waals surface area contributed by atoms with Crippen molar-refractivity contribution in [3.8, 4) is 28.1 Å². The molecular weight excluding hydrogens is 678 g/mol. The molecule has 9 nitrogen and oxygen atoms in total. The molecule has 1 fully saturated rings. The van der Waals surface area contributed by atoms with E-state index >= 15 is 0 Å². The number of cyclic esters (lactones) is 1. The van der Waals surface area contributed by atoms with Gasteiger partial charge in [0.2, 0.25) is 5.88 Å². The normalized spacial score (nSPS) is 16.6. The molecule has 2 aromatic heterocycles. The van der Waals surface area contributed by atoms with E-state index in [2.05, 4.69) is 15.0 Å². The van der Waals surface area contributed by atoms with E-state index in [9.17, 15) is 41.0 Å². The summed E-state index contributed by atoms with van der Waals surface area (Å²) in [7, 11) is 1.40. The number of carboxylic acids is 1. The molecule has 5 rings (SSSR count). The van der Waals surface area contributed by atoms with Crippen molar-refractivity contribution < 1.29 is 50.5 Å². The predicted octanol–water partition coefficient (Wildman–Crippen LogP) is 8.37. The highest BCUT2D eigenvalue weighted by atomic mass is 32.2. The van der Waals surface area contributed by atoms with Gasteiger partial charge in [-0.1, -0.05) is 17.8 Å². The van der Waals surface area contributed by atoms with Crippen LogP contribution in [-0.4, -0.2) is 56.4 Å². The highest BCUT2D eigenvalue weighted by Gasteiger charge is 2.43. The maximum atomic E-state index is 13.6. The molecule has 1 amide bonds. The number of ether oxygens (including phenoxy) is 2. The number of alkyl halides is 6. The molecule has 0 unspecified atom stereocenters. The van der Waals surface area contributed by atoms with Gasteiger partial charge in [-0.05, 0) is 79.6 Å². The van der Waals surface area contributed by atoms with E-state index in [1.165, 1.54) is 38.1 Å². The zero-order chi connectivity index (χ0) is 36.0. The summed E-state index contributed by atoms with van der Waals surface area (Å²) in [5.41, 5.74) is 0.267. The third kappa shape index (κ3) is 7.00. The lowest BCUT2D eigenvalue weighted by Gasteiger charge is -2.23. The lowest BCUT2D eigenvalue weighted by Crippen LogP contribution is -2.32. The van der Waals surface area contributed by atoms with Crippen molar-refractivity contribution in [2.45, 2.75) is 57.0 Å². The van der Waals surface area contributed by atoms with Crippen LogP contribution in [0.15, 0.2) is 53.9 Å². The van der Waals surface area contributed by atoms with Gasteiger partial charge < -0.3 is 14.6 Å². The molecular formula is C33H28F6N4O5S. The number of benzene rings is 2. The molecule has 49 heavy (non-hydrogen) atoms. The molecule has 2 atom stereocenters. The number of carbonyl (C=O) groups excluding carboxylic acids is 1. The zero-order valence-corrected chi connectivity index (χ0v) is 27.3. The maximum absolute atomic E-state index is 13.6.